The molecule has 0 bridgehead atoms. The number of nitrogens with zero attached hydrogens (tertiary/aromatic N) is 4. The molecule has 8 heteroatoms. The number of benzene rings is 1. The minimum Gasteiger partial charge on any atom is -0.481 e. The lowest BCUT2D eigenvalue weighted by molar-refractivity contribution is 0.0601. The van der Waals surface area contributed by atoms with Crippen molar-refractivity contribution in [2.45, 2.75) is 26.3 Å². The maximum absolute atomic E-state index is 12.8. The molecule has 0 unspecified atom stereocenters. The molecule has 1 aromatic carbocycles. The molecule has 0 aliphatic heterocycles. The minimum atomic E-state index is -0.490. The molecule has 3 aromatic heterocycles. The summed E-state index contributed by atoms with van der Waals surface area (Å²) in [5.74, 6) is -0.0456. The Morgan fingerprint density at radius 2 is 1.75 bits per heavy atom. The zero-order valence-corrected chi connectivity index (χ0v) is 18.4. The van der Waals surface area contributed by atoms with E-state index in [2.05, 4.69) is 10.2 Å². The van der Waals surface area contributed by atoms with Crippen molar-refractivity contribution in [3.8, 4) is 17.1 Å². The highest BCUT2D eigenvalue weighted by Gasteiger charge is 2.27. The second-order valence-corrected chi connectivity index (χ2v) is 7.66. The zero-order chi connectivity index (χ0) is 22.8. The van der Waals surface area contributed by atoms with Gasteiger partial charge in [-0.1, -0.05) is 44.2 Å². The summed E-state index contributed by atoms with van der Waals surface area (Å²) >= 11 is 0. The van der Waals surface area contributed by atoms with E-state index in [1.165, 1.54) is 17.9 Å². The Balaban J connectivity index is 1.96. The Morgan fingerprint density at radius 1 is 1.00 bits per heavy atom. The molecule has 0 fully saturated rings. The summed E-state index contributed by atoms with van der Waals surface area (Å²) in [4.78, 5) is 25.2. The van der Waals surface area contributed by atoms with E-state index in [1.54, 1.807) is 23.8 Å². The highest BCUT2D eigenvalue weighted by molar-refractivity contribution is 6.03. The van der Waals surface area contributed by atoms with Gasteiger partial charge in [-0.3, -0.25) is 4.79 Å². The van der Waals surface area contributed by atoms with Gasteiger partial charge in [0.15, 0.2) is 0 Å². The topological polar surface area (TPSA) is 87.7 Å². The van der Waals surface area contributed by atoms with Crippen LogP contribution in [0.15, 0.2) is 59.4 Å². The Bertz CT molecular complexity index is 1340. The molecule has 0 amide bonds. The Hall–Kier alpha value is -3.94. The van der Waals surface area contributed by atoms with Gasteiger partial charge in [0.25, 0.3) is 5.56 Å². The summed E-state index contributed by atoms with van der Waals surface area (Å²) in [5, 5.41) is 9.23. The maximum Gasteiger partial charge on any atom is 0.342 e. The van der Waals surface area contributed by atoms with Gasteiger partial charge < -0.3 is 9.47 Å². The third kappa shape index (κ3) is 3.75. The summed E-state index contributed by atoms with van der Waals surface area (Å²) in [6.07, 6.45) is 0. The van der Waals surface area contributed by atoms with Crippen molar-refractivity contribution in [2.75, 3.05) is 14.2 Å². The summed E-state index contributed by atoms with van der Waals surface area (Å²) in [6, 6.07) is 16.3. The molecule has 0 atom stereocenters. The van der Waals surface area contributed by atoms with Crippen LogP contribution in [0.3, 0.4) is 0 Å². The lowest BCUT2D eigenvalue weighted by Crippen LogP contribution is -2.22. The van der Waals surface area contributed by atoms with E-state index < -0.39 is 5.97 Å². The fourth-order valence-electron chi connectivity index (χ4n) is 3.68. The highest BCUT2D eigenvalue weighted by atomic mass is 16.5. The molecular weight excluding hydrogens is 408 g/mol. The Labute approximate surface area is 185 Å². The van der Waals surface area contributed by atoms with Gasteiger partial charge >= 0.3 is 5.97 Å². The molecule has 32 heavy (non-hydrogen) atoms. The molecule has 3 heterocycles. The molecule has 0 radical (unpaired) electrons. The highest BCUT2D eigenvalue weighted by Crippen LogP contribution is 2.33. The van der Waals surface area contributed by atoms with Gasteiger partial charge in [-0.2, -0.15) is 14.7 Å². The first-order chi connectivity index (χ1) is 15.4. The number of pyridine rings is 1. The van der Waals surface area contributed by atoms with Crippen molar-refractivity contribution >= 4 is 11.5 Å². The van der Waals surface area contributed by atoms with Crippen molar-refractivity contribution in [1.82, 2.24) is 19.4 Å². The first-order valence-electron chi connectivity index (χ1n) is 10.2. The summed E-state index contributed by atoms with van der Waals surface area (Å²) in [7, 11) is 2.88. The molecule has 0 saturated carbocycles. The van der Waals surface area contributed by atoms with Crippen LogP contribution in [0.2, 0.25) is 0 Å². The molecule has 0 saturated heterocycles. The first-order valence-corrected chi connectivity index (χ1v) is 10.2. The van der Waals surface area contributed by atoms with Crippen LogP contribution in [0, 0.1) is 0 Å². The average Bonchev–Trinajstić information content (AvgIpc) is 3.21. The fourth-order valence-corrected chi connectivity index (χ4v) is 3.68. The van der Waals surface area contributed by atoms with Gasteiger partial charge in [0.2, 0.25) is 5.88 Å². The summed E-state index contributed by atoms with van der Waals surface area (Å²) < 4.78 is 13.5. The fraction of sp³-hybridized carbons (Fsp3) is 0.250. The number of hydrogen-bond donors (Lipinski definition) is 0. The van der Waals surface area contributed by atoms with Crippen LogP contribution in [-0.4, -0.2) is 39.6 Å². The van der Waals surface area contributed by atoms with Crippen molar-refractivity contribution in [2.24, 2.45) is 0 Å². The molecular formula is C24H24N4O4. The number of esters is 1. The van der Waals surface area contributed by atoms with E-state index in [-0.39, 0.29) is 11.5 Å². The van der Waals surface area contributed by atoms with E-state index in [0.29, 0.717) is 40.5 Å². The van der Waals surface area contributed by atoms with Crippen molar-refractivity contribution in [1.29, 1.82) is 0 Å². The van der Waals surface area contributed by atoms with Gasteiger partial charge in [0, 0.05) is 17.7 Å². The van der Waals surface area contributed by atoms with Crippen LogP contribution < -0.4 is 10.3 Å². The second-order valence-electron chi connectivity index (χ2n) is 7.66. The smallest absolute Gasteiger partial charge is 0.342 e. The SMILES string of the molecule is COC(=O)c1c(C(C)C)nn2c(OC)ccc(-c3ccc(=O)n(Cc4ccccc4)n3)c12. The number of rotatable bonds is 6. The van der Waals surface area contributed by atoms with Crippen molar-refractivity contribution in [3.05, 3.63) is 81.8 Å². The molecule has 164 valence electrons. The van der Waals surface area contributed by atoms with E-state index in [1.807, 2.05) is 50.2 Å². The molecule has 8 nitrogen and oxygen atoms in total. The monoisotopic (exact) mass is 432 g/mol. The summed E-state index contributed by atoms with van der Waals surface area (Å²) in [5.41, 5.74) is 3.41. The van der Waals surface area contributed by atoms with E-state index in [4.69, 9.17) is 9.47 Å². The number of hydrogen-bond acceptors (Lipinski definition) is 6. The third-order valence-corrected chi connectivity index (χ3v) is 5.23. The third-order valence-electron chi connectivity index (χ3n) is 5.23. The van der Waals surface area contributed by atoms with Crippen LogP contribution in [0.1, 0.15) is 41.4 Å². The van der Waals surface area contributed by atoms with Gasteiger partial charge in [-0.25, -0.2) is 9.48 Å². The number of carbonyl (C=O) groups is 1. The predicted octanol–water partition coefficient (Wildman–Crippen LogP) is 3.52. The first kappa shape index (κ1) is 21.3. The lowest BCUT2D eigenvalue weighted by atomic mass is 10.0. The van der Waals surface area contributed by atoms with E-state index >= 15 is 0 Å². The standard InChI is InChI=1S/C24H24N4O4/c1-15(2)22-21(24(30)32-4)23-17(10-13-20(31-3)28(23)26-22)18-11-12-19(29)27(25-18)14-16-8-6-5-7-9-16/h5-13,15H,14H2,1-4H3. The van der Waals surface area contributed by atoms with Crippen molar-refractivity contribution < 1.29 is 14.3 Å². The number of ether oxygens (including phenoxy) is 2. The minimum absolute atomic E-state index is 0.0263. The molecule has 0 aliphatic carbocycles. The van der Waals surface area contributed by atoms with Crippen LogP contribution in [0.4, 0.5) is 0 Å². The zero-order valence-electron chi connectivity index (χ0n) is 18.4. The van der Waals surface area contributed by atoms with Gasteiger partial charge in [0.1, 0.15) is 5.56 Å². The molecule has 0 spiro atoms. The van der Waals surface area contributed by atoms with Crippen molar-refractivity contribution in [3.63, 3.8) is 0 Å². The van der Waals surface area contributed by atoms with Gasteiger partial charge in [0.05, 0.1) is 37.7 Å². The Morgan fingerprint density at radius 3 is 2.41 bits per heavy atom. The largest absolute Gasteiger partial charge is 0.481 e. The number of fused-ring (bicyclic) bond motifs is 1. The van der Waals surface area contributed by atoms with Crippen LogP contribution in [0.5, 0.6) is 5.88 Å². The maximum atomic E-state index is 12.8. The summed E-state index contributed by atoms with van der Waals surface area (Å²) in [6.45, 7) is 4.25. The molecule has 4 aromatic rings. The molecule has 0 aliphatic rings. The quantitative estimate of drug-likeness (QED) is 0.433. The number of carbonyl (C=O) groups excluding carboxylic acids is 1. The lowest BCUT2D eigenvalue weighted by Gasteiger charge is -2.11. The molecule has 4 rings (SSSR count). The van der Waals surface area contributed by atoms with E-state index in [0.717, 1.165) is 5.56 Å². The average molecular weight is 432 g/mol. The number of methoxy groups -OCH3 is 2. The molecule has 0 N–H and O–H groups in total. The predicted molar refractivity (Wildman–Crippen MR) is 120 cm³/mol. The van der Waals surface area contributed by atoms with Gasteiger partial charge in [-0.15, -0.1) is 0 Å². The Kier molecular flexibility index (Phi) is 5.77. The van der Waals surface area contributed by atoms with E-state index in [9.17, 15) is 9.59 Å². The normalized spacial score (nSPS) is 11.2. The van der Waals surface area contributed by atoms with Crippen LogP contribution in [0.25, 0.3) is 16.8 Å². The second kappa shape index (κ2) is 8.66. The van der Waals surface area contributed by atoms with Gasteiger partial charge in [-0.05, 0) is 23.6 Å². The van der Waals surface area contributed by atoms with Crippen LogP contribution >= 0.6 is 0 Å². The number of aromatic nitrogens is 4. The van der Waals surface area contributed by atoms with Crippen LogP contribution in [-0.2, 0) is 11.3 Å².